The standard InChI is InChI=1S/C14H24N4O/c1-9(2)14-17-12(15-3)7-13(18-14)16-8-10-5-4-6-11(10)19/h7,9-11,19H,4-6,8H2,1-3H3,(H2,15,16,17,18). The zero-order valence-corrected chi connectivity index (χ0v) is 12.0. The molecule has 1 fully saturated rings. The molecular weight excluding hydrogens is 240 g/mol. The van der Waals surface area contributed by atoms with Crippen LogP contribution in [0.5, 0.6) is 0 Å². The van der Waals surface area contributed by atoms with E-state index in [-0.39, 0.29) is 6.10 Å². The molecule has 5 nitrogen and oxygen atoms in total. The second kappa shape index (κ2) is 6.19. The fraction of sp³-hybridized carbons (Fsp3) is 0.714. The number of rotatable bonds is 5. The van der Waals surface area contributed by atoms with Crippen LogP contribution < -0.4 is 10.6 Å². The third-order valence-electron chi connectivity index (χ3n) is 3.68. The fourth-order valence-electron chi connectivity index (χ4n) is 2.43. The number of hydrogen-bond acceptors (Lipinski definition) is 5. The van der Waals surface area contributed by atoms with Gasteiger partial charge in [0.2, 0.25) is 0 Å². The minimum Gasteiger partial charge on any atom is -0.393 e. The Bertz CT molecular complexity index is 422. The van der Waals surface area contributed by atoms with Crippen LogP contribution in [0.15, 0.2) is 6.07 Å². The highest BCUT2D eigenvalue weighted by Gasteiger charge is 2.24. The number of hydrogen-bond donors (Lipinski definition) is 3. The predicted molar refractivity (Wildman–Crippen MR) is 77.5 cm³/mol. The fourth-order valence-corrected chi connectivity index (χ4v) is 2.43. The Morgan fingerprint density at radius 2 is 2.05 bits per heavy atom. The van der Waals surface area contributed by atoms with Crippen LogP contribution in [0.1, 0.15) is 44.9 Å². The van der Waals surface area contributed by atoms with E-state index >= 15 is 0 Å². The van der Waals surface area contributed by atoms with Crippen LogP contribution in [-0.2, 0) is 0 Å². The molecule has 19 heavy (non-hydrogen) atoms. The van der Waals surface area contributed by atoms with Crippen LogP contribution in [-0.4, -0.2) is 34.8 Å². The zero-order valence-electron chi connectivity index (χ0n) is 12.0. The molecule has 0 radical (unpaired) electrons. The Morgan fingerprint density at radius 1 is 1.32 bits per heavy atom. The summed E-state index contributed by atoms with van der Waals surface area (Å²) in [7, 11) is 1.86. The summed E-state index contributed by atoms with van der Waals surface area (Å²) in [6.45, 7) is 4.94. The van der Waals surface area contributed by atoms with Gasteiger partial charge >= 0.3 is 0 Å². The van der Waals surface area contributed by atoms with Crippen molar-refractivity contribution in [1.82, 2.24) is 9.97 Å². The minimum atomic E-state index is -0.164. The molecule has 0 aliphatic heterocycles. The van der Waals surface area contributed by atoms with Crippen LogP contribution in [0.25, 0.3) is 0 Å². The first-order valence-corrected chi connectivity index (χ1v) is 7.08. The van der Waals surface area contributed by atoms with Gasteiger partial charge in [0.15, 0.2) is 0 Å². The average Bonchev–Trinajstić information content (AvgIpc) is 2.81. The highest BCUT2D eigenvalue weighted by Crippen LogP contribution is 2.26. The largest absolute Gasteiger partial charge is 0.393 e. The van der Waals surface area contributed by atoms with Gasteiger partial charge in [0.1, 0.15) is 17.5 Å². The first kappa shape index (κ1) is 14.1. The summed E-state index contributed by atoms with van der Waals surface area (Å²) < 4.78 is 0. The first-order valence-electron chi connectivity index (χ1n) is 7.08. The SMILES string of the molecule is CNc1cc(NCC2CCCC2O)nc(C(C)C)n1. The van der Waals surface area contributed by atoms with Crippen LogP contribution in [0.2, 0.25) is 0 Å². The molecule has 1 aromatic rings. The maximum atomic E-state index is 9.83. The number of aliphatic hydroxyl groups excluding tert-OH is 1. The summed E-state index contributed by atoms with van der Waals surface area (Å²) >= 11 is 0. The molecule has 5 heteroatoms. The topological polar surface area (TPSA) is 70.1 Å². The van der Waals surface area contributed by atoms with Gasteiger partial charge in [-0.05, 0) is 12.8 Å². The van der Waals surface area contributed by atoms with Gasteiger partial charge in [-0.25, -0.2) is 9.97 Å². The summed E-state index contributed by atoms with van der Waals surface area (Å²) in [4.78, 5) is 8.96. The molecule has 106 valence electrons. The Morgan fingerprint density at radius 3 is 2.63 bits per heavy atom. The number of aliphatic hydroxyl groups is 1. The van der Waals surface area contributed by atoms with Crippen molar-refractivity contribution in [3.05, 3.63) is 11.9 Å². The number of nitrogens with one attached hydrogen (secondary N) is 2. The van der Waals surface area contributed by atoms with Crippen molar-refractivity contribution in [2.75, 3.05) is 24.2 Å². The van der Waals surface area contributed by atoms with E-state index in [1.54, 1.807) is 0 Å². The maximum absolute atomic E-state index is 9.83. The van der Waals surface area contributed by atoms with Gasteiger partial charge in [-0.3, -0.25) is 0 Å². The molecule has 0 saturated heterocycles. The average molecular weight is 264 g/mol. The van der Waals surface area contributed by atoms with E-state index in [0.717, 1.165) is 43.3 Å². The molecule has 0 aromatic carbocycles. The zero-order chi connectivity index (χ0) is 13.8. The summed E-state index contributed by atoms with van der Waals surface area (Å²) in [5, 5.41) is 16.2. The summed E-state index contributed by atoms with van der Waals surface area (Å²) in [6.07, 6.45) is 2.98. The van der Waals surface area contributed by atoms with Gasteiger partial charge in [-0.15, -0.1) is 0 Å². The van der Waals surface area contributed by atoms with Gasteiger partial charge in [-0.1, -0.05) is 20.3 Å². The lowest BCUT2D eigenvalue weighted by molar-refractivity contribution is 0.138. The predicted octanol–water partition coefficient (Wildman–Crippen LogP) is 2.21. The molecule has 0 bridgehead atoms. The van der Waals surface area contributed by atoms with Gasteiger partial charge in [0, 0.05) is 31.5 Å². The van der Waals surface area contributed by atoms with Crippen LogP contribution in [0.3, 0.4) is 0 Å². The summed E-state index contributed by atoms with van der Waals surface area (Å²) in [5.41, 5.74) is 0. The third kappa shape index (κ3) is 3.56. The molecule has 2 unspecified atom stereocenters. The Hall–Kier alpha value is -1.36. The molecule has 1 aliphatic carbocycles. The van der Waals surface area contributed by atoms with E-state index in [2.05, 4.69) is 34.4 Å². The van der Waals surface area contributed by atoms with Crippen molar-refractivity contribution < 1.29 is 5.11 Å². The van der Waals surface area contributed by atoms with Crippen molar-refractivity contribution in [3.63, 3.8) is 0 Å². The smallest absolute Gasteiger partial charge is 0.135 e. The van der Waals surface area contributed by atoms with Gasteiger partial charge in [0.25, 0.3) is 0 Å². The van der Waals surface area contributed by atoms with Crippen molar-refractivity contribution in [3.8, 4) is 0 Å². The highest BCUT2D eigenvalue weighted by atomic mass is 16.3. The monoisotopic (exact) mass is 264 g/mol. The third-order valence-corrected chi connectivity index (χ3v) is 3.68. The summed E-state index contributed by atoms with van der Waals surface area (Å²) in [6, 6.07) is 1.91. The van der Waals surface area contributed by atoms with Crippen molar-refractivity contribution in [1.29, 1.82) is 0 Å². The lowest BCUT2D eigenvalue weighted by Gasteiger charge is -2.16. The molecule has 1 saturated carbocycles. The molecular formula is C14H24N4O. The van der Waals surface area contributed by atoms with E-state index in [1.165, 1.54) is 0 Å². The van der Waals surface area contributed by atoms with E-state index in [0.29, 0.717) is 11.8 Å². The van der Waals surface area contributed by atoms with E-state index < -0.39 is 0 Å². The van der Waals surface area contributed by atoms with Crippen LogP contribution in [0, 0.1) is 5.92 Å². The van der Waals surface area contributed by atoms with E-state index in [1.807, 2.05) is 13.1 Å². The van der Waals surface area contributed by atoms with E-state index in [4.69, 9.17) is 0 Å². The second-order valence-electron chi connectivity index (χ2n) is 5.54. The van der Waals surface area contributed by atoms with Gasteiger partial charge in [0.05, 0.1) is 6.10 Å². The number of anilines is 2. The quantitative estimate of drug-likeness (QED) is 0.760. The van der Waals surface area contributed by atoms with Crippen molar-refractivity contribution in [2.24, 2.45) is 5.92 Å². The molecule has 1 heterocycles. The molecule has 1 aliphatic rings. The van der Waals surface area contributed by atoms with Crippen molar-refractivity contribution >= 4 is 11.6 Å². The normalized spacial score (nSPS) is 22.8. The Balaban J connectivity index is 2.04. The lowest BCUT2D eigenvalue weighted by atomic mass is 10.1. The van der Waals surface area contributed by atoms with Gasteiger partial charge < -0.3 is 15.7 Å². The second-order valence-corrected chi connectivity index (χ2v) is 5.54. The molecule has 2 rings (SSSR count). The minimum absolute atomic E-state index is 0.164. The first-order chi connectivity index (χ1) is 9.10. The Kier molecular flexibility index (Phi) is 4.58. The van der Waals surface area contributed by atoms with Crippen LogP contribution >= 0.6 is 0 Å². The van der Waals surface area contributed by atoms with Crippen molar-refractivity contribution in [2.45, 2.75) is 45.1 Å². The van der Waals surface area contributed by atoms with Crippen LogP contribution in [0.4, 0.5) is 11.6 Å². The summed E-state index contributed by atoms with van der Waals surface area (Å²) in [5.74, 6) is 3.14. The molecule has 0 amide bonds. The number of nitrogens with zero attached hydrogens (tertiary/aromatic N) is 2. The van der Waals surface area contributed by atoms with Gasteiger partial charge in [-0.2, -0.15) is 0 Å². The molecule has 1 aromatic heterocycles. The lowest BCUT2D eigenvalue weighted by Crippen LogP contribution is -2.22. The number of aromatic nitrogens is 2. The highest BCUT2D eigenvalue weighted by molar-refractivity contribution is 5.47. The molecule has 3 N–H and O–H groups in total. The molecule has 2 atom stereocenters. The maximum Gasteiger partial charge on any atom is 0.135 e. The molecule has 0 spiro atoms. The Labute approximate surface area is 114 Å². The van der Waals surface area contributed by atoms with E-state index in [9.17, 15) is 5.11 Å².